The molecule has 1 aromatic carbocycles. The van der Waals surface area contributed by atoms with E-state index in [0.717, 1.165) is 64.0 Å². The van der Waals surface area contributed by atoms with E-state index in [1.165, 1.54) is 16.8 Å². The van der Waals surface area contributed by atoms with Gasteiger partial charge in [0.25, 0.3) is 0 Å². The molecular weight excluding hydrogens is 346 g/mol. The third-order valence-corrected chi connectivity index (χ3v) is 6.04. The molecule has 1 atom stereocenters. The number of piperidine rings is 1. The fraction of sp³-hybridized carbons (Fsp3) is 0.500. The second-order valence-electron chi connectivity index (χ2n) is 8.38. The Balaban J connectivity index is 1.39. The van der Waals surface area contributed by atoms with Crippen LogP contribution >= 0.6 is 0 Å². The van der Waals surface area contributed by atoms with Gasteiger partial charge in [0.1, 0.15) is 0 Å². The van der Waals surface area contributed by atoms with Crippen LogP contribution in [0.4, 0.5) is 0 Å². The fourth-order valence-corrected chi connectivity index (χ4v) is 4.55. The van der Waals surface area contributed by atoms with Crippen LogP contribution in [0.5, 0.6) is 0 Å². The summed E-state index contributed by atoms with van der Waals surface area (Å²) < 4.78 is 0. The van der Waals surface area contributed by atoms with Gasteiger partial charge in [-0.25, -0.2) is 0 Å². The molecule has 4 nitrogen and oxygen atoms in total. The highest BCUT2D eigenvalue weighted by atomic mass is 16.2. The number of hydrogen-bond acceptors (Lipinski definition) is 3. The Morgan fingerprint density at radius 1 is 1.07 bits per heavy atom. The van der Waals surface area contributed by atoms with Crippen molar-refractivity contribution in [2.24, 2.45) is 0 Å². The molecule has 0 spiro atoms. The molecule has 0 aliphatic carbocycles. The third-order valence-electron chi connectivity index (χ3n) is 6.04. The smallest absolute Gasteiger partial charge is 0.236 e. The summed E-state index contributed by atoms with van der Waals surface area (Å²) in [6, 6.07) is 15.1. The Labute approximate surface area is 168 Å². The number of benzene rings is 1. The summed E-state index contributed by atoms with van der Waals surface area (Å²) >= 11 is 0. The summed E-state index contributed by atoms with van der Waals surface area (Å²) in [5.74, 6) is 0.733. The Hall–Kier alpha value is -2.20. The Morgan fingerprint density at radius 3 is 2.71 bits per heavy atom. The quantitative estimate of drug-likeness (QED) is 0.796. The maximum Gasteiger partial charge on any atom is 0.236 e. The number of carbonyl (C=O) groups excluding carboxylic acids is 1. The topological polar surface area (TPSA) is 36.4 Å². The second kappa shape index (κ2) is 8.87. The van der Waals surface area contributed by atoms with Gasteiger partial charge in [-0.15, -0.1) is 0 Å². The van der Waals surface area contributed by atoms with Crippen LogP contribution in [0.1, 0.15) is 54.1 Å². The molecule has 1 aromatic heterocycles. The lowest BCUT2D eigenvalue weighted by atomic mass is 9.93. The van der Waals surface area contributed by atoms with Crippen LogP contribution in [0.2, 0.25) is 0 Å². The molecular formula is C24H31N3O. The number of nitrogens with zero attached hydrogens (tertiary/aromatic N) is 3. The molecule has 2 aliphatic heterocycles. The molecule has 4 heteroatoms. The van der Waals surface area contributed by atoms with Crippen molar-refractivity contribution in [3.8, 4) is 0 Å². The van der Waals surface area contributed by atoms with E-state index in [1.54, 1.807) is 0 Å². The second-order valence-corrected chi connectivity index (χ2v) is 8.38. The fourth-order valence-electron chi connectivity index (χ4n) is 4.55. The van der Waals surface area contributed by atoms with Crippen LogP contribution in [0, 0.1) is 6.92 Å². The van der Waals surface area contributed by atoms with E-state index in [4.69, 9.17) is 4.98 Å². The molecule has 0 saturated carbocycles. The summed E-state index contributed by atoms with van der Waals surface area (Å²) in [7, 11) is 0. The third kappa shape index (κ3) is 4.79. The number of aromatic nitrogens is 1. The van der Waals surface area contributed by atoms with Gasteiger partial charge in [-0.3, -0.25) is 14.7 Å². The average Bonchev–Trinajstić information content (AvgIpc) is 3.24. The van der Waals surface area contributed by atoms with E-state index in [0.29, 0.717) is 18.4 Å². The van der Waals surface area contributed by atoms with Crippen molar-refractivity contribution >= 4 is 5.91 Å². The first-order valence-corrected chi connectivity index (χ1v) is 10.7. The number of pyridine rings is 1. The summed E-state index contributed by atoms with van der Waals surface area (Å²) in [5, 5.41) is 0. The molecule has 1 amide bonds. The Morgan fingerprint density at radius 2 is 1.89 bits per heavy atom. The van der Waals surface area contributed by atoms with Gasteiger partial charge in [-0.05, 0) is 56.8 Å². The minimum absolute atomic E-state index is 0.305. The van der Waals surface area contributed by atoms with Gasteiger partial charge in [0.05, 0.1) is 6.54 Å². The predicted molar refractivity (Wildman–Crippen MR) is 112 cm³/mol. The Kier molecular flexibility index (Phi) is 6.06. The van der Waals surface area contributed by atoms with Crippen molar-refractivity contribution in [1.29, 1.82) is 0 Å². The zero-order chi connectivity index (χ0) is 19.3. The molecule has 28 heavy (non-hydrogen) atoms. The zero-order valence-electron chi connectivity index (χ0n) is 16.9. The van der Waals surface area contributed by atoms with E-state index in [2.05, 4.69) is 54.3 Å². The van der Waals surface area contributed by atoms with Gasteiger partial charge in [0.15, 0.2) is 0 Å². The molecule has 3 heterocycles. The SMILES string of the molecule is Cc1cccc(Cc2cccc(C3CCCN(CC(=O)N4CCCC4)C3)n2)c1. The monoisotopic (exact) mass is 377 g/mol. The Bertz CT molecular complexity index is 813. The van der Waals surface area contributed by atoms with Crippen molar-refractivity contribution in [2.45, 2.75) is 44.9 Å². The van der Waals surface area contributed by atoms with Gasteiger partial charge in [-0.1, -0.05) is 35.9 Å². The molecule has 2 aliphatic rings. The largest absolute Gasteiger partial charge is 0.342 e. The molecule has 0 N–H and O–H groups in total. The minimum Gasteiger partial charge on any atom is -0.342 e. The molecule has 2 fully saturated rings. The van der Waals surface area contributed by atoms with Crippen LogP contribution < -0.4 is 0 Å². The normalized spacial score (nSPS) is 20.5. The van der Waals surface area contributed by atoms with Crippen molar-refractivity contribution in [2.75, 3.05) is 32.7 Å². The highest BCUT2D eigenvalue weighted by Gasteiger charge is 2.26. The van der Waals surface area contributed by atoms with Crippen LogP contribution in [-0.4, -0.2) is 53.4 Å². The lowest BCUT2D eigenvalue weighted by Crippen LogP contribution is -2.43. The van der Waals surface area contributed by atoms with Gasteiger partial charge in [0, 0.05) is 43.4 Å². The first-order valence-electron chi connectivity index (χ1n) is 10.7. The number of aryl methyl sites for hydroxylation is 1. The maximum absolute atomic E-state index is 12.5. The predicted octanol–water partition coefficient (Wildman–Crippen LogP) is 3.78. The van der Waals surface area contributed by atoms with Gasteiger partial charge in [0.2, 0.25) is 5.91 Å². The van der Waals surface area contributed by atoms with Crippen molar-refractivity contribution < 1.29 is 4.79 Å². The number of hydrogen-bond donors (Lipinski definition) is 0. The van der Waals surface area contributed by atoms with E-state index in [9.17, 15) is 4.79 Å². The molecule has 0 bridgehead atoms. The molecule has 1 unspecified atom stereocenters. The number of carbonyl (C=O) groups is 1. The van der Waals surface area contributed by atoms with Crippen molar-refractivity contribution in [3.05, 3.63) is 65.0 Å². The van der Waals surface area contributed by atoms with Gasteiger partial charge in [-0.2, -0.15) is 0 Å². The zero-order valence-corrected chi connectivity index (χ0v) is 16.9. The summed E-state index contributed by atoms with van der Waals surface area (Å²) in [5.41, 5.74) is 4.92. The summed E-state index contributed by atoms with van der Waals surface area (Å²) in [6.45, 7) is 6.56. The lowest BCUT2D eigenvalue weighted by Gasteiger charge is -2.33. The summed E-state index contributed by atoms with van der Waals surface area (Å²) in [6.07, 6.45) is 5.49. The van der Waals surface area contributed by atoms with Crippen LogP contribution in [0.3, 0.4) is 0 Å². The molecule has 2 aromatic rings. The molecule has 2 saturated heterocycles. The lowest BCUT2D eigenvalue weighted by molar-refractivity contribution is -0.131. The number of likely N-dealkylation sites (tertiary alicyclic amines) is 2. The van der Waals surface area contributed by atoms with Crippen molar-refractivity contribution in [3.63, 3.8) is 0 Å². The van der Waals surface area contributed by atoms with Crippen molar-refractivity contribution in [1.82, 2.24) is 14.8 Å². The van der Waals surface area contributed by atoms with Gasteiger partial charge < -0.3 is 4.90 Å². The number of rotatable bonds is 5. The highest BCUT2D eigenvalue weighted by Crippen LogP contribution is 2.26. The first kappa shape index (κ1) is 19.1. The molecule has 0 radical (unpaired) electrons. The van der Waals surface area contributed by atoms with E-state index < -0.39 is 0 Å². The standard InChI is InChI=1S/C24H31N3O/c1-19-7-4-8-20(15-19)16-22-10-5-11-23(25-22)21-9-6-12-26(17-21)18-24(28)27-13-2-3-14-27/h4-5,7-8,10-11,15,21H,2-3,6,9,12-14,16-18H2,1H3. The minimum atomic E-state index is 0.305. The molecule has 4 rings (SSSR count). The van der Waals surface area contributed by atoms with Crippen LogP contribution in [-0.2, 0) is 11.2 Å². The summed E-state index contributed by atoms with van der Waals surface area (Å²) in [4.78, 5) is 21.9. The van der Waals surface area contributed by atoms with Crippen LogP contribution in [0.15, 0.2) is 42.5 Å². The highest BCUT2D eigenvalue weighted by molar-refractivity contribution is 5.78. The van der Waals surface area contributed by atoms with E-state index in [1.807, 2.05) is 4.90 Å². The first-order chi connectivity index (χ1) is 13.7. The van der Waals surface area contributed by atoms with E-state index in [-0.39, 0.29) is 0 Å². The molecule has 148 valence electrons. The maximum atomic E-state index is 12.5. The van der Waals surface area contributed by atoms with Crippen LogP contribution in [0.25, 0.3) is 0 Å². The van der Waals surface area contributed by atoms with Gasteiger partial charge >= 0.3 is 0 Å². The average molecular weight is 378 g/mol. The number of amides is 1. The van der Waals surface area contributed by atoms with E-state index >= 15 is 0 Å².